The molecule has 3 heteroatoms. The van der Waals surface area contributed by atoms with Crippen LogP contribution in [0.5, 0.6) is 5.75 Å². The Bertz CT molecular complexity index is 246. The van der Waals surface area contributed by atoms with Gasteiger partial charge in [-0.25, -0.2) is 0 Å². The van der Waals surface area contributed by atoms with E-state index in [0.29, 0.717) is 5.92 Å². The first-order valence-corrected chi connectivity index (χ1v) is 7.34. The third-order valence-electron chi connectivity index (χ3n) is 1.66. The zero-order valence-corrected chi connectivity index (χ0v) is 10.3. The van der Waals surface area contributed by atoms with Gasteiger partial charge in [0.25, 0.3) is 0 Å². The molecule has 0 unspecified atom stereocenters. The first-order chi connectivity index (χ1) is 6.22. The molecule has 0 spiro atoms. The highest BCUT2D eigenvalue weighted by molar-refractivity contribution is 7.01. The van der Waals surface area contributed by atoms with Gasteiger partial charge in [-0.1, -0.05) is 26.0 Å². The smallest absolute Gasteiger partial charge is 0.493 e. The van der Waals surface area contributed by atoms with E-state index in [2.05, 4.69) is 26.0 Å². The minimum absolute atomic E-state index is 0.538. The fourth-order valence-electron chi connectivity index (χ4n) is 0.938. The summed E-state index contributed by atoms with van der Waals surface area (Å²) in [4.78, 5) is 0. The summed E-state index contributed by atoms with van der Waals surface area (Å²) in [5.41, 5.74) is 0. The molecule has 1 aromatic carbocycles. The van der Waals surface area contributed by atoms with Gasteiger partial charge < -0.3 is 13.8 Å². The van der Waals surface area contributed by atoms with E-state index < -0.39 is 19.3 Å². The van der Waals surface area contributed by atoms with Crippen LogP contribution in [0.2, 0.25) is 0 Å². The molecule has 0 amide bonds. The standard InChI is InChI=1S/C10H13O.ClH.Mg/c1-9(2)8-11-10-6-4-3-5-7-10;;/h4-7,9H,8H2,1-2H3;1H;/q;;+1/p-1. The van der Waals surface area contributed by atoms with Crippen LogP contribution in [-0.2, 0) is 0 Å². The van der Waals surface area contributed by atoms with E-state index in [-0.39, 0.29) is 0 Å². The van der Waals surface area contributed by atoms with E-state index in [0.717, 1.165) is 12.4 Å². The highest BCUT2D eigenvalue weighted by Gasteiger charge is 1.98. The SMILES string of the molecule is CC(C)COc1cc[c]([Mg][Cl])cc1. The second kappa shape index (κ2) is 5.73. The van der Waals surface area contributed by atoms with Crippen molar-refractivity contribution in [3.63, 3.8) is 0 Å². The summed E-state index contributed by atoms with van der Waals surface area (Å²) in [6.07, 6.45) is 0. The van der Waals surface area contributed by atoms with E-state index in [1.165, 1.54) is 3.69 Å². The average molecular weight is 209 g/mol. The first-order valence-electron chi connectivity index (χ1n) is 4.50. The van der Waals surface area contributed by atoms with Crippen LogP contribution < -0.4 is 8.43 Å². The fourth-order valence-corrected chi connectivity index (χ4v) is 1.89. The quantitative estimate of drug-likeness (QED) is 0.690. The molecule has 68 valence electrons. The van der Waals surface area contributed by atoms with Crippen LogP contribution in [0.15, 0.2) is 24.3 Å². The first kappa shape index (κ1) is 11.2. The van der Waals surface area contributed by atoms with Gasteiger partial charge in [-0.05, 0) is 18.1 Å². The molecule has 1 rings (SSSR count). The van der Waals surface area contributed by atoms with Gasteiger partial charge in [-0.2, -0.15) is 0 Å². The lowest BCUT2D eigenvalue weighted by Crippen LogP contribution is -2.09. The largest absolute Gasteiger partial charge is 0.538 e. The molecular weight excluding hydrogens is 196 g/mol. The Morgan fingerprint density at radius 3 is 2.38 bits per heavy atom. The van der Waals surface area contributed by atoms with Crippen molar-refractivity contribution >= 4 is 32.0 Å². The van der Waals surface area contributed by atoms with Crippen LogP contribution in [0, 0.1) is 5.92 Å². The molecule has 0 aliphatic heterocycles. The van der Waals surface area contributed by atoms with Crippen LogP contribution in [0.1, 0.15) is 13.8 Å². The summed E-state index contributed by atoms with van der Waals surface area (Å²) in [6.45, 7) is 5.05. The van der Waals surface area contributed by atoms with Gasteiger partial charge in [0.2, 0.25) is 0 Å². The average Bonchev–Trinajstić information content (AvgIpc) is 2.15. The zero-order valence-electron chi connectivity index (χ0n) is 8.09. The molecule has 0 aliphatic carbocycles. The number of hydrogen-bond donors (Lipinski definition) is 0. The molecule has 0 aromatic heterocycles. The van der Waals surface area contributed by atoms with Crippen molar-refractivity contribution < 1.29 is 4.74 Å². The van der Waals surface area contributed by atoms with Crippen LogP contribution >= 0.6 is 9.07 Å². The highest BCUT2D eigenvalue weighted by atomic mass is 35.5. The van der Waals surface area contributed by atoms with Crippen molar-refractivity contribution in [2.24, 2.45) is 5.92 Å². The molecule has 0 N–H and O–H groups in total. The van der Waals surface area contributed by atoms with Crippen LogP contribution in [0.4, 0.5) is 0 Å². The van der Waals surface area contributed by atoms with Gasteiger partial charge in [0, 0.05) is 0 Å². The molecule has 0 atom stereocenters. The maximum absolute atomic E-state index is 5.80. The Morgan fingerprint density at radius 1 is 1.31 bits per heavy atom. The molecule has 13 heavy (non-hydrogen) atoms. The van der Waals surface area contributed by atoms with E-state index in [9.17, 15) is 0 Å². The Morgan fingerprint density at radius 2 is 1.92 bits per heavy atom. The van der Waals surface area contributed by atoms with Crippen LogP contribution in [-0.4, -0.2) is 25.9 Å². The lowest BCUT2D eigenvalue weighted by Gasteiger charge is -2.08. The molecule has 0 bridgehead atoms. The van der Waals surface area contributed by atoms with Gasteiger partial charge in [-0.3, -0.25) is 0 Å². The molecule has 0 radical (unpaired) electrons. The molecular formula is C10H13ClMgO. The third kappa shape index (κ3) is 4.20. The van der Waals surface area contributed by atoms with Crippen molar-refractivity contribution in [3.8, 4) is 5.75 Å². The molecule has 0 aliphatic rings. The van der Waals surface area contributed by atoms with Crippen LogP contribution in [0.3, 0.4) is 0 Å². The van der Waals surface area contributed by atoms with Gasteiger partial charge in [0.1, 0.15) is 5.75 Å². The summed E-state index contributed by atoms with van der Waals surface area (Å²) in [5.74, 6) is 1.51. The van der Waals surface area contributed by atoms with Crippen molar-refractivity contribution in [3.05, 3.63) is 24.3 Å². The molecule has 0 saturated carbocycles. The molecule has 1 nitrogen and oxygen atoms in total. The number of ether oxygens (including phenoxy) is 1. The molecule has 0 fully saturated rings. The number of benzene rings is 1. The number of hydrogen-bond acceptors (Lipinski definition) is 1. The van der Waals surface area contributed by atoms with Crippen molar-refractivity contribution in [1.82, 2.24) is 0 Å². The lowest BCUT2D eigenvalue weighted by atomic mass is 10.2. The van der Waals surface area contributed by atoms with Gasteiger partial charge in [-0.15, -0.1) is 3.69 Å². The zero-order chi connectivity index (χ0) is 9.68. The second-order valence-electron chi connectivity index (χ2n) is 3.48. The van der Waals surface area contributed by atoms with Gasteiger partial charge in [0.15, 0.2) is 0 Å². The predicted molar refractivity (Wildman–Crippen MR) is 58.0 cm³/mol. The number of rotatable bonds is 4. The summed E-state index contributed by atoms with van der Waals surface area (Å²) < 4.78 is 6.80. The number of halogens is 1. The topological polar surface area (TPSA) is 9.23 Å². The minimum atomic E-state index is -0.538. The van der Waals surface area contributed by atoms with E-state index in [1.54, 1.807) is 0 Å². The summed E-state index contributed by atoms with van der Waals surface area (Å²) >= 11 is -0.538. The van der Waals surface area contributed by atoms with Crippen molar-refractivity contribution in [1.29, 1.82) is 0 Å². The lowest BCUT2D eigenvalue weighted by molar-refractivity contribution is 0.271. The Hall–Kier alpha value is 0.0762. The Kier molecular flexibility index (Phi) is 4.92. The summed E-state index contributed by atoms with van der Waals surface area (Å²) in [7, 11) is 5.80. The maximum Gasteiger partial charge on any atom is 0.538 e. The monoisotopic (exact) mass is 208 g/mol. The second-order valence-corrected chi connectivity index (χ2v) is 5.37. The van der Waals surface area contributed by atoms with E-state index >= 15 is 0 Å². The molecule has 0 saturated heterocycles. The summed E-state index contributed by atoms with van der Waals surface area (Å²) in [6, 6.07) is 8.09. The maximum atomic E-state index is 5.80. The molecule has 0 heterocycles. The fraction of sp³-hybridized carbons (Fsp3) is 0.400. The summed E-state index contributed by atoms with van der Waals surface area (Å²) in [5, 5.41) is 0. The minimum Gasteiger partial charge on any atom is -0.493 e. The predicted octanol–water partition coefficient (Wildman–Crippen LogP) is 2.20. The molecule has 1 aromatic rings. The third-order valence-corrected chi connectivity index (χ3v) is 3.37. The van der Waals surface area contributed by atoms with Crippen molar-refractivity contribution in [2.75, 3.05) is 6.61 Å². The van der Waals surface area contributed by atoms with Gasteiger partial charge >= 0.3 is 19.3 Å². The van der Waals surface area contributed by atoms with Gasteiger partial charge in [0.05, 0.1) is 6.61 Å². The highest BCUT2D eigenvalue weighted by Crippen LogP contribution is 2.08. The Balaban J connectivity index is 2.49. The normalized spacial score (nSPS) is 9.85. The van der Waals surface area contributed by atoms with E-state index in [4.69, 9.17) is 13.8 Å². The van der Waals surface area contributed by atoms with Crippen molar-refractivity contribution in [2.45, 2.75) is 13.8 Å². The van der Waals surface area contributed by atoms with E-state index in [1.807, 2.05) is 12.1 Å². The Labute approximate surface area is 92.9 Å². The van der Waals surface area contributed by atoms with Crippen LogP contribution in [0.25, 0.3) is 0 Å².